The fourth-order valence-electron chi connectivity index (χ4n) is 2.09. The first-order valence-electron chi connectivity index (χ1n) is 5.73. The number of benzene rings is 2. The van der Waals surface area contributed by atoms with Crippen LogP contribution in [0.4, 0.5) is 13.2 Å². The van der Waals surface area contributed by atoms with Gasteiger partial charge in [0.15, 0.2) is 0 Å². The lowest BCUT2D eigenvalue weighted by Crippen LogP contribution is -2.22. The molecule has 2 N–H and O–H groups in total. The van der Waals surface area contributed by atoms with E-state index in [1.807, 2.05) is 0 Å². The van der Waals surface area contributed by atoms with Crippen LogP contribution in [0.1, 0.15) is 18.4 Å². The van der Waals surface area contributed by atoms with Gasteiger partial charge < -0.3 is 0 Å². The predicted octanol–water partition coefficient (Wildman–Crippen LogP) is 3.15. The Hall–Kier alpha value is -1.60. The molecule has 2 rings (SSSR count). The molecule has 0 aliphatic heterocycles. The van der Waals surface area contributed by atoms with E-state index in [1.165, 1.54) is 18.2 Å². The summed E-state index contributed by atoms with van der Waals surface area (Å²) in [6.45, 7) is 0.915. The Kier molecular flexibility index (Phi) is 3.51. The number of halogens is 3. The lowest BCUT2D eigenvalue weighted by Gasteiger charge is -2.19. The Morgan fingerprint density at radius 1 is 1.10 bits per heavy atom. The number of hydrogen-bond acceptors (Lipinski definition) is 2. The molecule has 3 nitrogen and oxygen atoms in total. The lowest BCUT2D eigenvalue weighted by atomic mass is 9.97. The van der Waals surface area contributed by atoms with Gasteiger partial charge in [-0.05, 0) is 17.9 Å². The summed E-state index contributed by atoms with van der Waals surface area (Å²) in [6.07, 6.45) is -4.54. The van der Waals surface area contributed by atoms with Gasteiger partial charge in [0.2, 0.25) is 10.0 Å². The van der Waals surface area contributed by atoms with E-state index in [0.717, 1.165) is 6.92 Å². The highest BCUT2D eigenvalue weighted by molar-refractivity contribution is 7.89. The van der Waals surface area contributed by atoms with E-state index in [9.17, 15) is 21.6 Å². The molecule has 0 heterocycles. The van der Waals surface area contributed by atoms with Crippen LogP contribution < -0.4 is 5.14 Å². The number of alkyl halides is 3. The van der Waals surface area contributed by atoms with Crippen LogP contribution in [0.2, 0.25) is 0 Å². The third kappa shape index (κ3) is 2.64. The summed E-state index contributed by atoms with van der Waals surface area (Å²) in [5.41, 5.74) is -0.335. The molecule has 0 saturated heterocycles. The quantitative estimate of drug-likeness (QED) is 0.926. The number of rotatable bonds is 2. The molecule has 2 aromatic rings. The zero-order chi connectivity index (χ0) is 15.1. The van der Waals surface area contributed by atoms with Crippen molar-refractivity contribution in [2.75, 3.05) is 0 Å². The third-order valence-corrected chi connectivity index (χ3v) is 4.18. The van der Waals surface area contributed by atoms with E-state index >= 15 is 0 Å². The van der Waals surface area contributed by atoms with E-state index in [2.05, 4.69) is 0 Å². The number of nitrogens with two attached hydrogens (primary N) is 1. The minimum Gasteiger partial charge on any atom is -0.225 e. The average molecular weight is 303 g/mol. The predicted molar refractivity (Wildman–Crippen MR) is 69.8 cm³/mol. The summed E-state index contributed by atoms with van der Waals surface area (Å²) in [5, 5.41) is 5.83. The van der Waals surface area contributed by atoms with Crippen molar-refractivity contribution in [1.29, 1.82) is 0 Å². The van der Waals surface area contributed by atoms with Gasteiger partial charge in [0.05, 0.1) is 10.8 Å². The number of fused-ring (bicyclic) bond motifs is 1. The molecule has 7 heteroatoms. The second kappa shape index (κ2) is 4.75. The Morgan fingerprint density at radius 2 is 1.70 bits per heavy atom. The molecule has 0 amide bonds. The third-order valence-electron chi connectivity index (χ3n) is 3.15. The van der Waals surface area contributed by atoms with Crippen molar-refractivity contribution in [3.05, 3.63) is 42.0 Å². The van der Waals surface area contributed by atoms with Crippen molar-refractivity contribution in [3.8, 4) is 0 Å². The first-order chi connectivity index (χ1) is 9.12. The topological polar surface area (TPSA) is 60.2 Å². The van der Waals surface area contributed by atoms with Gasteiger partial charge in [-0.2, -0.15) is 13.2 Å². The maximum atomic E-state index is 12.9. The van der Waals surface area contributed by atoms with E-state index in [1.54, 1.807) is 18.2 Å². The highest BCUT2D eigenvalue weighted by Gasteiger charge is 2.39. The van der Waals surface area contributed by atoms with Crippen molar-refractivity contribution in [1.82, 2.24) is 0 Å². The van der Waals surface area contributed by atoms with Crippen molar-refractivity contribution < 1.29 is 21.6 Å². The number of sulfonamides is 1. The average Bonchev–Trinajstić information content (AvgIpc) is 2.34. The first kappa shape index (κ1) is 14.8. The Bertz CT molecular complexity index is 754. The molecular weight excluding hydrogens is 291 g/mol. The molecule has 20 heavy (non-hydrogen) atoms. The molecule has 0 bridgehead atoms. The molecule has 1 unspecified atom stereocenters. The van der Waals surface area contributed by atoms with Crippen LogP contribution in [0.15, 0.2) is 41.3 Å². The van der Waals surface area contributed by atoms with Gasteiger partial charge in [-0.15, -0.1) is 0 Å². The summed E-state index contributed by atoms with van der Waals surface area (Å²) in [7, 11) is -4.27. The molecule has 2 aromatic carbocycles. The summed E-state index contributed by atoms with van der Waals surface area (Å²) in [6, 6.07) is 8.91. The molecule has 108 valence electrons. The molecule has 0 aromatic heterocycles. The largest absolute Gasteiger partial charge is 0.395 e. The zero-order valence-corrected chi connectivity index (χ0v) is 11.3. The molecule has 1 atom stereocenters. The van der Waals surface area contributed by atoms with Crippen LogP contribution in [0, 0.1) is 0 Å². The molecule has 0 aliphatic rings. The number of hydrogen-bond donors (Lipinski definition) is 1. The van der Waals surface area contributed by atoms with Crippen LogP contribution in [-0.2, 0) is 10.0 Å². The van der Waals surface area contributed by atoms with Crippen molar-refractivity contribution >= 4 is 20.8 Å². The van der Waals surface area contributed by atoms with E-state index in [-0.39, 0.29) is 10.9 Å². The van der Waals surface area contributed by atoms with Gasteiger partial charge in [-0.1, -0.05) is 36.4 Å². The summed E-state index contributed by atoms with van der Waals surface area (Å²) in [5.74, 6) is -1.92. The molecule has 0 saturated carbocycles. The van der Waals surface area contributed by atoms with Gasteiger partial charge in [0.1, 0.15) is 0 Å². The van der Waals surface area contributed by atoms with Crippen LogP contribution in [-0.4, -0.2) is 14.6 Å². The Labute approximate surface area is 114 Å². The first-order valence-corrected chi connectivity index (χ1v) is 7.28. The minimum absolute atomic E-state index is 0.198. The normalized spacial score (nSPS) is 14.4. The molecule has 0 spiro atoms. The van der Waals surface area contributed by atoms with Crippen molar-refractivity contribution in [2.24, 2.45) is 5.14 Å². The lowest BCUT2D eigenvalue weighted by molar-refractivity contribution is -0.146. The summed E-state index contributed by atoms with van der Waals surface area (Å²) < 4.78 is 62.0. The highest BCUT2D eigenvalue weighted by Crippen LogP contribution is 2.39. The minimum atomic E-state index is -4.54. The highest BCUT2D eigenvalue weighted by atomic mass is 32.2. The maximum absolute atomic E-state index is 12.9. The van der Waals surface area contributed by atoms with E-state index < -0.39 is 27.0 Å². The number of primary sulfonamides is 1. The maximum Gasteiger partial charge on any atom is 0.395 e. The van der Waals surface area contributed by atoms with Gasteiger partial charge in [-0.25, -0.2) is 13.6 Å². The second-order valence-corrected chi connectivity index (χ2v) is 6.01. The Morgan fingerprint density at radius 3 is 2.25 bits per heavy atom. The summed E-state index contributed by atoms with van der Waals surface area (Å²) >= 11 is 0. The van der Waals surface area contributed by atoms with Crippen LogP contribution >= 0.6 is 0 Å². The van der Waals surface area contributed by atoms with Crippen LogP contribution in [0.3, 0.4) is 0 Å². The van der Waals surface area contributed by atoms with Crippen molar-refractivity contribution in [3.63, 3.8) is 0 Å². The molecule has 0 aliphatic carbocycles. The van der Waals surface area contributed by atoms with Gasteiger partial charge in [0.25, 0.3) is 0 Å². The molecule has 0 fully saturated rings. The van der Waals surface area contributed by atoms with E-state index in [0.29, 0.717) is 5.39 Å². The van der Waals surface area contributed by atoms with Crippen LogP contribution in [0.5, 0.6) is 0 Å². The summed E-state index contributed by atoms with van der Waals surface area (Å²) in [4.78, 5) is -0.458. The van der Waals surface area contributed by atoms with Gasteiger partial charge in [-0.3, -0.25) is 0 Å². The molecular formula is C13H12F3NO2S. The standard InChI is InChI=1S/C13H12F3NO2S/c1-8(13(14,15)16)10-7-6-9-4-2-3-5-11(9)12(10)20(17,18)19/h2-8H,1H3,(H2,17,18,19). The molecule has 0 radical (unpaired) electrons. The fourth-order valence-corrected chi connectivity index (χ4v) is 3.16. The monoisotopic (exact) mass is 303 g/mol. The second-order valence-electron chi connectivity index (χ2n) is 4.51. The Balaban J connectivity index is 2.86. The smallest absolute Gasteiger partial charge is 0.225 e. The van der Waals surface area contributed by atoms with Crippen LogP contribution in [0.25, 0.3) is 10.8 Å². The van der Waals surface area contributed by atoms with Gasteiger partial charge >= 0.3 is 6.18 Å². The van der Waals surface area contributed by atoms with E-state index in [4.69, 9.17) is 5.14 Å². The van der Waals surface area contributed by atoms with Gasteiger partial charge in [0, 0.05) is 5.39 Å². The zero-order valence-electron chi connectivity index (χ0n) is 10.5. The van der Waals surface area contributed by atoms with Crippen molar-refractivity contribution in [2.45, 2.75) is 23.9 Å². The fraction of sp³-hybridized carbons (Fsp3) is 0.231. The SMILES string of the molecule is CC(c1ccc2ccccc2c1S(N)(=O)=O)C(F)(F)F.